The Morgan fingerprint density at radius 1 is 0.314 bits per heavy atom. The highest BCUT2D eigenvalue weighted by Crippen LogP contribution is 2.38. The van der Waals surface area contributed by atoms with Crippen molar-refractivity contribution in [2.75, 3.05) is 0 Å². The fourth-order valence-electron chi connectivity index (χ4n) is 7.31. The highest BCUT2D eigenvalue weighted by molar-refractivity contribution is 7.25. The molecule has 0 unspecified atom stereocenters. The summed E-state index contributed by atoms with van der Waals surface area (Å²) in [5, 5.41) is 7.68. The van der Waals surface area contributed by atoms with E-state index in [0.29, 0.717) is 5.82 Å². The molecule has 0 bridgehead atoms. The van der Waals surface area contributed by atoms with Crippen LogP contribution in [0.4, 0.5) is 0 Å². The zero-order valence-corrected chi connectivity index (χ0v) is 28.4. The maximum Gasteiger partial charge on any atom is 0.160 e. The Morgan fingerprint density at radius 3 is 1.61 bits per heavy atom. The van der Waals surface area contributed by atoms with Gasteiger partial charge in [-0.1, -0.05) is 152 Å². The summed E-state index contributed by atoms with van der Waals surface area (Å²) in [5.41, 5.74) is 9.71. The molecule has 0 N–H and O–H groups in total. The van der Waals surface area contributed by atoms with E-state index in [4.69, 9.17) is 9.97 Å². The van der Waals surface area contributed by atoms with Gasteiger partial charge in [-0.2, -0.15) is 0 Å². The number of nitrogens with zero attached hydrogens (tertiary/aromatic N) is 2. The molecule has 51 heavy (non-hydrogen) atoms. The normalized spacial score (nSPS) is 11.5. The van der Waals surface area contributed by atoms with E-state index in [1.807, 2.05) is 29.5 Å². The van der Waals surface area contributed by atoms with Gasteiger partial charge in [-0.05, 0) is 74.1 Å². The van der Waals surface area contributed by atoms with Gasteiger partial charge in [0.2, 0.25) is 0 Å². The predicted molar refractivity (Wildman–Crippen MR) is 217 cm³/mol. The van der Waals surface area contributed by atoms with Crippen LogP contribution in [-0.4, -0.2) is 9.97 Å². The number of benzene rings is 8. The molecule has 0 atom stereocenters. The van der Waals surface area contributed by atoms with Gasteiger partial charge in [0.05, 0.1) is 11.4 Å². The van der Waals surface area contributed by atoms with Crippen molar-refractivity contribution in [3.63, 3.8) is 0 Å². The molecular weight excluding hydrogens is 637 g/mol. The van der Waals surface area contributed by atoms with E-state index in [0.717, 1.165) is 28.1 Å². The Morgan fingerprint density at radius 2 is 0.863 bits per heavy atom. The van der Waals surface area contributed by atoms with Crippen molar-refractivity contribution in [1.82, 2.24) is 9.97 Å². The van der Waals surface area contributed by atoms with E-state index in [2.05, 4.69) is 164 Å². The summed E-state index contributed by atoms with van der Waals surface area (Å²) in [6, 6.07) is 65.1. The summed E-state index contributed by atoms with van der Waals surface area (Å²) in [4.78, 5) is 10.2. The second-order valence-corrected chi connectivity index (χ2v) is 14.1. The fraction of sp³-hybridized carbons (Fsp3) is 0. The molecule has 0 aliphatic carbocycles. The smallest absolute Gasteiger partial charge is 0.160 e. The van der Waals surface area contributed by atoms with Crippen LogP contribution >= 0.6 is 11.3 Å². The summed E-state index contributed by atoms with van der Waals surface area (Å²) >= 11 is 1.85. The van der Waals surface area contributed by atoms with Gasteiger partial charge in [0, 0.05) is 36.9 Å². The van der Waals surface area contributed by atoms with Gasteiger partial charge in [0.25, 0.3) is 0 Å². The Balaban J connectivity index is 1.04. The van der Waals surface area contributed by atoms with Crippen LogP contribution in [0.5, 0.6) is 0 Å². The minimum Gasteiger partial charge on any atom is -0.228 e. The Labute approximate surface area is 300 Å². The largest absolute Gasteiger partial charge is 0.228 e. The third kappa shape index (κ3) is 5.27. The number of rotatable bonds is 5. The van der Waals surface area contributed by atoms with E-state index in [-0.39, 0.29) is 0 Å². The summed E-state index contributed by atoms with van der Waals surface area (Å²) in [6.45, 7) is 0. The van der Waals surface area contributed by atoms with Crippen LogP contribution in [0.3, 0.4) is 0 Å². The number of thiophene rings is 1. The molecule has 3 heteroatoms. The van der Waals surface area contributed by atoms with E-state index in [1.54, 1.807) is 0 Å². The topological polar surface area (TPSA) is 25.8 Å². The Kier molecular flexibility index (Phi) is 7.04. The van der Waals surface area contributed by atoms with E-state index < -0.39 is 0 Å². The van der Waals surface area contributed by atoms with Crippen LogP contribution in [0.15, 0.2) is 182 Å². The number of aromatic nitrogens is 2. The molecule has 10 rings (SSSR count). The van der Waals surface area contributed by atoms with Gasteiger partial charge in [-0.3, -0.25) is 0 Å². The fourth-order valence-corrected chi connectivity index (χ4v) is 8.40. The maximum absolute atomic E-state index is 5.10. The van der Waals surface area contributed by atoms with Crippen LogP contribution in [-0.2, 0) is 0 Å². The number of hydrogen-bond donors (Lipinski definition) is 0. The molecule has 2 nitrogen and oxygen atoms in total. The van der Waals surface area contributed by atoms with Crippen LogP contribution in [0.1, 0.15) is 0 Å². The average Bonchev–Trinajstić information content (AvgIpc) is 3.59. The van der Waals surface area contributed by atoms with Crippen molar-refractivity contribution in [2.45, 2.75) is 0 Å². The SMILES string of the molecule is c1ccc(-c2nc(-c3ccc(-c4ccc5sc6ccccc6c5c4)cc3)cc(-c3ccc(-c4cc5ccccc5c5ccccc45)cc3)n2)cc1. The molecular formula is C48H30N2S. The Hall–Kier alpha value is -6.42. The molecule has 0 aliphatic heterocycles. The van der Waals surface area contributed by atoms with Gasteiger partial charge in [0.15, 0.2) is 5.82 Å². The van der Waals surface area contributed by atoms with Crippen LogP contribution in [0, 0.1) is 0 Å². The summed E-state index contributed by atoms with van der Waals surface area (Å²) in [7, 11) is 0. The minimum absolute atomic E-state index is 0.714. The quantitative estimate of drug-likeness (QED) is 0.171. The zero-order valence-electron chi connectivity index (χ0n) is 27.6. The van der Waals surface area contributed by atoms with E-state index in [9.17, 15) is 0 Å². The molecule has 0 amide bonds. The highest BCUT2D eigenvalue weighted by atomic mass is 32.1. The lowest BCUT2D eigenvalue weighted by atomic mass is 9.93. The summed E-state index contributed by atoms with van der Waals surface area (Å²) in [6.07, 6.45) is 0. The molecule has 0 radical (unpaired) electrons. The first-order valence-corrected chi connectivity index (χ1v) is 18.0. The van der Waals surface area contributed by atoms with Crippen molar-refractivity contribution in [3.8, 4) is 56.2 Å². The standard InChI is InChI=1S/C48H30N2S/c1-2-10-35(11-3-1)48-49-44(33-22-18-31(19-23-33)36-26-27-47-43(28-36)41-16-8-9-17-46(41)51-47)30-45(50-48)34-24-20-32(21-25-34)42-29-37-12-4-5-13-38(37)39-14-6-7-15-40(39)42/h1-30H. The summed E-state index contributed by atoms with van der Waals surface area (Å²) < 4.78 is 2.64. The van der Waals surface area contributed by atoms with Gasteiger partial charge in [0.1, 0.15) is 0 Å². The lowest BCUT2D eigenvalue weighted by Gasteiger charge is -2.13. The van der Waals surface area contributed by atoms with Gasteiger partial charge >= 0.3 is 0 Å². The van der Waals surface area contributed by atoms with Gasteiger partial charge < -0.3 is 0 Å². The minimum atomic E-state index is 0.714. The first kappa shape index (κ1) is 29.5. The molecule has 8 aromatic carbocycles. The second kappa shape index (κ2) is 12.2. The van der Waals surface area contributed by atoms with Crippen LogP contribution in [0.2, 0.25) is 0 Å². The van der Waals surface area contributed by atoms with Crippen LogP contribution < -0.4 is 0 Å². The van der Waals surface area contributed by atoms with Crippen molar-refractivity contribution >= 4 is 53.1 Å². The lowest BCUT2D eigenvalue weighted by Crippen LogP contribution is -1.96. The summed E-state index contributed by atoms with van der Waals surface area (Å²) in [5.74, 6) is 0.714. The van der Waals surface area contributed by atoms with E-state index >= 15 is 0 Å². The molecule has 0 saturated carbocycles. The van der Waals surface area contributed by atoms with Gasteiger partial charge in [-0.15, -0.1) is 11.3 Å². The van der Waals surface area contributed by atoms with E-state index in [1.165, 1.54) is 64.0 Å². The molecule has 0 spiro atoms. The Bertz CT molecular complexity index is 2890. The van der Waals surface area contributed by atoms with Crippen LogP contribution in [0.25, 0.3) is 97.9 Å². The lowest BCUT2D eigenvalue weighted by molar-refractivity contribution is 1.18. The molecule has 10 aromatic rings. The van der Waals surface area contributed by atoms with Gasteiger partial charge in [-0.25, -0.2) is 9.97 Å². The molecule has 238 valence electrons. The molecule has 0 saturated heterocycles. The van der Waals surface area contributed by atoms with Crippen molar-refractivity contribution in [1.29, 1.82) is 0 Å². The van der Waals surface area contributed by atoms with Crippen molar-refractivity contribution < 1.29 is 0 Å². The predicted octanol–water partition coefficient (Wildman–Crippen LogP) is 13.5. The number of fused-ring (bicyclic) bond motifs is 6. The monoisotopic (exact) mass is 666 g/mol. The second-order valence-electron chi connectivity index (χ2n) is 13.0. The zero-order chi connectivity index (χ0) is 33.7. The highest BCUT2D eigenvalue weighted by Gasteiger charge is 2.13. The molecule has 2 heterocycles. The van der Waals surface area contributed by atoms with Crippen molar-refractivity contribution in [2.24, 2.45) is 0 Å². The molecule has 0 aliphatic rings. The molecule has 0 fully saturated rings. The number of hydrogen-bond acceptors (Lipinski definition) is 3. The average molecular weight is 667 g/mol. The maximum atomic E-state index is 5.10. The molecule has 2 aromatic heterocycles. The third-order valence-corrected chi connectivity index (χ3v) is 11.1. The first-order chi connectivity index (χ1) is 25.2. The first-order valence-electron chi connectivity index (χ1n) is 17.2. The van der Waals surface area contributed by atoms with Crippen molar-refractivity contribution in [3.05, 3.63) is 182 Å². The third-order valence-electron chi connectivity index (χ3n) is 9.91.